The first-order valence-corrected chi connectivity index (χ1v) is 13.3. The number of hydrogen-bond acceptors (Lipinski definition) is 9. The van der Waals surface area contributed by atoms with Crippen molar-refractivity contribution in [1.29, 1.82) is 0 Å². The zero-order chi connectivity index (χ0) is 31.7. The number of hydrogen-bond donors (Lipinski definition) is 1. The fourth-order valence-electron chi connectivity index (χ4n) is 3.91. The van der Waals surface area contributed by atoms with Gasteiger partial charge in [-0.15, -0.1) is 0 Å². The van der Waals surface area contributed by atoms with E-state index in [4.69, 9.17) is 23.7 Å². The second-order valence-electron chi connectivity index (χ2n) is 10.1. The summed E-state index contributed by atoms with van der Waals surface area (Å²) in [4.78, 5) is 38.0. The highest BCUT2D eigenvalue weighted by atomic mass is 19.1. The van der Waals surface area contributed by atoms with Crippen LogP contribution in [0.5, 0.6) is 11.5 Å². The normalized spacial score (nSPS) is 10.9. The van der Waals surface area contributed by atoms with Gasteiger partial charge in [0.1, 0.15) is 30.3 Å². The molecule has 1 amide bonds. The topological polar surface area (TPSA) is 113 Å². The molecular formula is C31H34F2N2O8. The van der Waals surface area contributed by atoms with Crippen molar-refractivity contribution in [2.75, 3.05) is 32.8 Å². The van der Waals surface area contributed by atoms with Gasteiger partial charge in [-0.2, -0.15) is 0 Å². The van der Waals surface area contributed by atoms with Crippen LogP contribution in [0.2, 0.25) is 0 Å². The number of methoxy groups -OCH3 is 2. The van der Waals surface area contributed by atoms with Crippen molar-refractivity contribution in [2.45, 2.75) is 39.9 Å². The molecule has 230 valence electrons. The number of anilines is 1. The van der Waals surface area contributed by atoms with Crippen LogP contribution in [0.3, 0.4) is 0 Å². The lowest BCUT2D eigenvalue weighted by Gasteiger charge is -2.29. The van der Waals surface area contributed by atoms with Gasteiger partial charge in [0.25, 0.3) is 0 Å². The Hall–Kier alpha value is -4.87. The van der Waals surface area contributed by atoms with Gasteiger partial charge in [-0.3, -0.25) is 10.2 Å². The van der Waals surface area contributed by atoms with Crippen molar-refractivity contribution in [3.05, 3.63) is 77.4 Å². The lowest BCUT2D eigenvalue weighted by atomic mass is 10.0. The zero-order valence-electron chi connectivity index (χ0n) is 24.8. The van der Waals surface area contributed by atoms with Crippen molar-refractivity contribution >= 4 is 23.7 Å². The fourth-order valence-corrected chi connectivity index (χ4v) is 3.91. The zero-order valence-corrected chi connectivity index (χ0v) is 24.8. The number of carbonyl (C=O) groups excluding carboxylic acids is 3. The van der Waals surface area contributed by atoms with Crippen LogP contribution in [0.25, 0.3) is 11.1 Å². The highest BCUT2D eigenvalue weighted by Crippen LogP contribution is 2.34. The van der Waals surface area contributed by atoms with E-state index in [9.17, 15) is 18.8 Å². The van der Waals surface area contributed by atoms with E-state index in [1.165, 1.54) is 50.6 Å². The molecule has 0 unspecified atom stereocenters. The third kappa shape index (κ3) is 8.81. The number of ether oxygens (including phenoxy) is 5. The van der Waals surface area contributed by atoms with E-state index in [0.29, 0.717) is 16.7 Å². The monoisotopic (exact) mass is 600 g/mol. The Morgan fingerprint density at radius 2 is 1.70 bits per heavy atom. The second-order valence-corrected chi connectivity index (χ2v) is 10.1. The standard InChI is InChI=1S/C31H34F2N2O8/c1-7-41-27(36)17-35(30(38)43-31(2,3)4)34-28-20(9-8-10-23(28)29(37)40-6)18-42-25-14-11-19(15-24(25)33)22-13-12-21(32)16-26(22)39-5/h8-16,34H,7,17-18H2,1-6H3. The molecule has 0 heterocycles. The van der Waals surface area contributed by atoms with Crippen LogP contribution < -0.4 is 14.9 Å². The molecule has 0 fully saturated rings. The third-order valence-corrected chi connectivity index (χ3v) is 5.80. The van der Waals surface area contributed by atoms with E-state index in [-0.39, 0.29) is 36.0 Å². The molecule has 1 N–H and O–H groups in total. The average molecular weight is 601 g/mol. The van der Waals surface area contributed by atoms with Crippen LogP contribution in [0.4, 0.5) is 19.3 Å². The smallest absolute Gasteiger partial charge is 0.429 e. The molecule has 3 aromatic carbocycles. The quantitative estimate of drug-likeness (QED) is 0.158. The summed E-state index contributed by atoms with van der Waals surface area (Å²) in [6.45, 7) is 5.85. The molecule has 0 aliphatic heterocycles. The summed E-state index contributed by atoms with van der Waals surface area (Å²) in [6, 6.07) is 12.7. The van der Waals surface area contributed by atoms with E-state index in [0.717, 1.165) is 5.01 Å². The summed E-state index contributed by atoms with van der Waals surface area (Å²) >= 11 is 0. The summed E-state index contributed by atoms with van der Waals surface area (Å²) in [5.41, 5.74) is 3.20. The van der Waals surface area contributed by atoms with Crippen LogP contribution >= 0.6 is 0 Å². The molecule has 10 nitrogen and oxygen atoms in total. The number of benzene rings is 3. The number of amides is 1. The van der Waals surface area contributed by atoms with Gasteiger partial charge in [0.05, 0.1) is 32.1 Å². The first kappa shape index (κ1) is 32.6. The Bertz CT molecular complexity index is 1470. The van der Waals surface area contributed by atoms with Crippen molar-refractivity contribution < 1.29 is 46.8 Å². The van der Waals surface area contributed by atoms with Gasteiger partial charge in [0.15, 0.2) is 11.6 Å². The van der Waals surface area contributed by atoms with E-state index in [2.05, 4.69) is 5.43 Å². The number of para-hydroxylation sites is 1. The summed E-state index contributed by atoms with van der Waals surface area (Å²) in [6.07, 6.45) is -0.912. The second kappa shape index (κ2) is 14.3. The molecule has 0 saturated carbocycles. The van der Waals surface area contributed by atoms with Gasteiger partial charge in [0, 0.05) is 17.2 Å². The lowest BCUT2D eigenvalue weighted by molar-refractivity contribution is -0.144. The average Bonchev–Trinajstić information content (AvgIpc) is 2.95. The van der Waals surface area contributed by atoms with E-state index in [1.54, 1.807) is 45.9 Å². The third-order valence-electron chi connectivity index (χ3n) is 5.80. The lowest BCUT2D eigenvalue weighted by Crippen LogP contribution is -2.44. The number of esters is 2. The van der Waals surface area contributed by atoms with E-state index >= 15 is 4.39 Å². The van der Waals surface area contributed by atoms with Crippen LogP contribution in [-0.4, -0.2) is 56.0 Å². The molecule has 0 atom stereocenters. The summed E-state index contributed by atoms with van der Waals surface area (Å²) in [7, 11) is 2.57. The summed E-state index contributed by atoms with van der Waals surface area (Å²) < 4.78 is 55.1. The number of halogens is 2. The molecule has 0 spiro atoms. The number of carbonyl (C=O) groups is 3. The minimum absolute atomic E-state index is 0.0141. The van der Waals surface area contributed by atoms with Gasteiger partial charge in [-0.25, -0.2) is 23.4 Å². The Labute approximate surface area is 248 Å². The Morgan fingerprint density at radius 3 is 2.33 bits per heavy atom. The van der Waals surface area contributed by atoms with Crippen molar-refractivity contribution in [2.24, 2.45) is 0 Å². The minimum atomic E-state index is -0.912. The van der Waals surface area contributed by atoms with Gasteiger partial charge in [-0.05, 0) is 63.6 Å². The highest BCUT2D eigenvalue weighted by Gasteiger charge is 2.27. The molecule has 0 aliphatic rings. The fraction of sp³-hybridized carbons (Fsp3) is 0.323. The summed E-state index contributed by atoms with van der Waals surface area (Å²) in [5.74, 6) is -2.55. The summed E-state index contributed by atoms with van der Waals surface area (Å²) in [5, 5.41) is 0.861. The Kier molecular flexibility index (Phi) is 10.9. The largest absolute Gasteiger partial charge is 0.496 e. The van der Waals surface area contributed by atoms with Crippen molar-refractivity contribution in [3.8, 4) is 22.6 Å². The molecule has 0 bridgehead atoms. The van der Waals surface area contributed by atoms with Gasteiger partial charge in [0.2, 0.25) is 0 Å². The number of nitrogens with zero attached hydrogens (tertiary/aromatic N) is 1. The molecule has 0 saturated heterocycles. The number of rotatable bonds is 11. The first-order chi connectivity index (χ1) is 20.4. The molecule has 12 heteroatoms. The van der Waals surface area contributed by atoms with Crippen LogP contribution in [0, 0.1) is 11.6 Å². The van der Waals surface area contributed by atoms with Crippen molar-refractivity contribution in [3.63, 3.8) is 0 Å². The predicted octanol–water partition coefficient (Wildman–Crippen LogP) is 6.13. The van der Waals surface area contributed by atoms with Crippen molar-refractivity contribution in [1.82, 2.24) is 5.01 Å². The number of nitrogens with one attached hydrogen (secondary N) is 1. The Balaban J connectivity index is 1.94. The predicted molar refractivity (Wildman–Crippen MR) is 154 cm³/mol. The van der Waals surface area contributed by atoms with Gasteiger partial charge >= 0.3 is 18.0 Å². The Morgan fingerprint density at radius 1 is 0.953 bits per heavy atom. The molecule has 0 aliphatic carbocycles. The van der Waals surface area contributed by atoms with Crippen LogP contribution in [0.1, 0.15) is 43.6 Å². The molecule has 43 heavy (non-hydrogen) atoms. The maximum Gasteiger partial charge on any atom is 0.429 e. The minimum Gasteiger partial charge on any atom is -0.496 e. The SMILES string of the molecule is CCOC(=O)CN(Nc1c(COc2ccc(-c3ccc(F)cc3OC)cc2F)cccc1C(=O)OC)C(=O)OC(C)(C)C. The van der Waals surface area contributed by atoms with E-state index in [1.807, 2.05) is 0 Å². The van der Waals surface area contributed by atoms with E-state index < -0.39 is 41.8 Å². The van der Waals surface area contributed by atoms with Crippen LogP contribution in [0.15, 0.2) is 54.6 Å². The van der Waals surface area contributed by atoms with Gasteiger partial charge in [-0.1, -0.05) is 18.2 Å². The highest BCUT2D eigenvalue weighted by molar-refractivity contribution is 5.97. The molecular weight excluding hydrogens is 566 g/mol. The maximum absolute atomic E-state index is 15.2. The molecule has 0 aromatic heterocycles. The first-order valence-electron chi connectivity index (χ1n) is 13.3. The molecule has 3 aromatic rings. The number of hydrazine groups is 1. The van der Waals surface area contributed by atoms with Crippen LogP contribution in [-0.2, 0) is 25.6 Å². The van der Waals surface area contributed by atoms with Gasteiger partial charge < -0.3 is 23.7 Å². The molecule has 0 radical (unpaired) electrons. The molecule has 3 rings (SSSR count). The maximum atomic E-state index is 15.2.